The van der Waals surface area contributed by atoms with Gasteiger partial charge in [-0.25, -0.2) is 4.98 Å². The molecule has 1 atom stereocenters. The molecule has 0 fully saturated rings. The molecule has 5 heteroatoms. The summed E-state index contributed by atoms with van der Waals surface area (Å²) in [5.41, 5.74) is 0.552. The second-order valence-corrected chi connectivity index (χ2v) is 7.68. The zero-order chi connectivity index (χ0) is 19.0. The van der Waals surface area contributed by atoms with Crippen LogP contribution >= 0.6 is 11.3 Å². The van der Waals surface area contributed by atoms with Gasteiger partial charge in [-0.05, 0) is 31.0 Å². The summed E-state index contributed by atoms with van der Waals surface area (Å²) in [6.45, 7) is 4.05. The molecule has 0 saturated heterocycles. The van der Waals surface area contributed by atoms with Crippen LogP contribution in [0.15, 0.2) is 64.2 Å². The Labute approximate surface area is 160 Å². The molecule has 0 N–H and O–H groups in total. The molecule has 0 amide bonds. The van der Waals surface area contributed by atoms with Crippen LogP contribution in [-0.4, -0.2) is 9.55 Å². The molecule has 0 spiro atoms. The van der Waals surface area contributed by atoms with Crippen LogP contribution in [0.4, 0.5) is 0 Å². The Morgan fingerprint density at radius 3 is 2.48 bits per heavy atom. The van der Waals surface area contributed by atoms with Gasteiger partial charge in [-0.3, -0.25) is 14.2 Å². The summed E-state index contributed by atoms with van der Waals surface area (Å²) in [5, 5.41) is 0.775. The van der Waals surface area contributed by atoms with Crippen LogP contribution in [0.25, 0.3) is 20.3 Å². The summed E-state index contributed by atoms with van der Waals surface area (Å²) in [6, 6.07) is 17.1. The number of hydrogen-bond acceptors (Lipinski definition) is 4. The summed E-state index contributed by atoms with van der Waals surface area (Å²) >= 11 is 1.41. The monoisotopic (exact) mass is 376 g/mol. The maximum Gasteiger partial charge on any atom is 0.266 e. The van der Waals surface area contributed by atoms with Gasteiger partial charge in [0.25, 0.3) is 5.56 Å². The Morgan fingerprint density at radius 2 is 1.74 bits per heavy atom. The van der Waals surface area contributed by atoms with Crippen LogP contribution in [0, 0.1) is 0 Å². The largest absolute Gasteiger partial charge is 0.289 e. The molecule has 2 heterocycles. The molecule has 27 heavy (non-hydrogen) atoms. The molecule has 0 radical (unpaired) electrons. The highest BCUT2D eigenvalue weighted by atomic mass is 32.1. The predicted octanol–water partition coefficient (Wildman–Crippen LogP) is 4.53. The van der Waals surface area contributed by atoms with Crippen molar-refractivity contribution in [2.75, 3.05) is 0 Å². The van der Waals surface area contributed by atoms with Gasteiger partial charge in [0.15, 0.2) is 0 Å². The molecule has 2 aromatic carbocycles. The van der Waals surface area contributed by atoms with E-state index in [-0.39, 0.29) is 22.4 Å². The van der Waals surface area contributed by atoms with E-state index in [0.717, 1.165) is 22.5 Å². The lowest BCUT2D eigenvalue weighted by molar-refractivity contribution is 0.566. The van der Waals surface area contributed by atoms with Gasteiger partial charge >= 0.3 is 0 Å². The van der Waals surface area contributed by atoms with Gasteiger partial charge in [0.1, 0.15) is 16.0 Å². The zero-order valence-corrected chi connectivity index (χ0v) is 16.1. The van der Waals surface area contributed by atoms with Crippen molar-refractivity contribution >= 4 is 31.6 Å². The van der Waals surface area contributed by atoms with Crippen molar-refractivity contribution in [3.63, 3.8) is 0 Å². The third-order valence-corrected chi connectivity index (χ3v) is 5.93. The fraction of sp³-hybridized carbons (Fsp3) is 0.227. The first kappa shape index (κ1) is 17.6. The summed E-state index contributed by atoms with van der Waals surface area (Å²) in [4.78, 5) is 31.8. The number of rotatable bonds is 4. The molecular weight excluding hydrogens is 356 g/mol. The number of aryl methyl sites for hydroxylation is 1. The summed E-state index contributed by atoms with van der Waals surface area (Å²) < 4.78 is 2.56. The van der Waals surface area contributed by atoms with Crippen molar-refractivity contribution in [3.8, 4) is 0 Å². The van der Waals surface area contributed by atoms with Crippen molar-refractivity contribution < 1.29 is 0 Å². The van der Waals surface area contributed by atoms with Gasteiger partial charge in [0.05, 0.1) is 6.04 Å². The topological polar surface area (TPSA) is 52.0 Å². The molecule has 0 aliphatic rings. The lowest BCUT2D eigenvalue weighted by atomic mass is 10.1. The average molecular weight is 376 g/mol. The second kappa shape index (κ2) is 7.08. The smallest absolute Gasteiger partial charge is 0.266 e. The number of nitrogens with zero attached hydrogens (tertiary/aromatic N) is 2. The van der Waals surface area contributed by atoms with Crippen molar-refractivity contribution in [2.45, 2.75) is 32.7 Å². The van der Waals surface area contributed by atoms with E-state index in [4.69, 9.17) is 4.98 Å². The minimum atomic E-state index is -0.244. The van der Waals surface area contributed by atoms with E-state index >= 15 is 0 Å². The van der Waals surface area contributed by atoms with E-state index in [1.54, 1.807) is 10.6 Å². The van der Waals surface area contributed by atoms with Crippen LogP contribution < -0.4 is 11.0 Å². The SMILES string of the molecule is CCCc1nc2sc3ccccc3c(=O)c2c(=O)n1[C@@H](C)c1ccccc1. The van der Waals surface area contributed by atoms with E-state index in [1.807, 2.05) is 55.5 Å². The third-order valence-electron chi connectivity index (χ3n) is 4.86. The highest BCUT2D eigenvalue weighted by molar-refractivity contribution is 7.24. The van der Waals surface area contributed by atoms with Gasteiger partial charge in [-0.15, -0.1) is 11.3 Å². The van der Waals surface area contributed by atoms with Crippen molar-refractivity contribution in [2.24, 2.45) is 0 Å². The molecule has 4 nitrogen and oxygen atoms in total. The fourth-order valence-electron chi connectivity index (χ4n) is 3.49. The van der Waals surface area contributed by atoms with Crippen LogP contribution in [0.5, 0.6) is 0 Å². The first-order chi connectivity index (χ1) is 13.1. The molecule has 0 unspecified atom stereocenters. The number of fused-ring (bicyclic) bond motifs is 2. The van der Waals surface area contributed by atoms with E-state index in [2.05, 4.69) is 6.92 Å². The maximum atomic E-state index is 13.4. The lowest BCUT2D eigenvalue weighted by Crippen LogP contribution is -2.31. The number of aromatic nitrogens is 2. The minimum absolute atomic E-state index is 0.187. The number of benzene rings is 2. The molecular formula is C22H20N2O2S. The molecule has 0 aliphatic carbocycles. The Hall–Kier alpha value is -2.79. The summed E-state index contributed by atoms with van der Waals surface area (Å²) in [7, 11) is 0. The Bertz CT molecular complexity index is 1240. The maximum absolute atomic E-state index is 13.4. The van der Waals surface area contributed by atoms with E-state index in [1.165, 1.54) is 11.3 Å². The van der Waals surface area contributed by atoms with E-state index in [0.29, 0.717) is 16.6 Å². The van der Waals surface area contributed by atoms with Crippen molar-refractivity contribution in [1.82, 2.24) is 9.55 Å². The molecule has 2 aromatic heterocycles. The molecule has 0 saturated carbocycles. The van der Waals surface area contributed by atoms with Crippen LogP contribution in [0.1, 0.15) is 37.7 Å². The highest BCUT2D eigenvalue weighted by Gasteiger charge is 2.20. The Balaban J connectivity index is 2.08. The Morgan fingerprint density at radius 1 is 1.04 bits per heavy atom. The van der Waals surface area contributed by atoms with Gasteiger partial charge in [0, 0.05) is 16.5 Å². The minimum Gasteiger partial charge on any atom is -0.289 e. The molecule has 0 aliphatic heterocycles. The molecule has 4 aromatic rings. The summed E-state index contributed by atoms with van der Waals surface area (Å²) in [5.74, 6) is 0.734. The average Bonchev–Trinajstić information content (AvgIpc) is 2.68. The van der Waals surface area contributed by atoms with Gasteiger partial charge in [-0.1, -0.05) is 49.4 Å². The van der Waals surface area contributed by atoms with Crippen LogP contribution in [0.3, 0.4) is 0 Å². The normalized spacial score (nSPS) is 12.5. The predicted molar refractivity (Wildman–Crippen MR) is 112 cm³/mol. The van der Waals surface area contributed by atoms with Crippen molar-refractivity contribution in [1.29, 1.82) is 0 Å². The molecule has 136 valence electrons. The second-order valence-electron chi connectivity index (χ2n) is 6.65. The summed E-state index contributed by atoms with van der Waals surface area (Å²) in [6.07, 6.45) is 1.57. The lowest BCUT2D eigenvalue weighted by Gasteiger charge is -2.20. The zero-order valence-electron chi connectivity index (χ0n) is 15.3. The van der Waals surface area contributed by atoms with Crippen LogP contribution in [-0.2, 0) is 6.42 Å². The fourth-order valence-corrected chi connectivity index (χ4v) is 4.54. The third kappa shape index (κ3) is 2.98. The van der Waals surface area contributed by atoms with E-state index < -0.39 is 0 Å². The van der Waals surface area contributed by atoms with E-state index in [9.17, 15) is 9.59 Å². The first-order valence-electron chi connectivity index (χ1n) is 9.13. The van der Waals surface area contributed by atoms with Gasteiger partial charge in [0.2, 0.25) is 5.43 Å². The molecule has 4 rings (SSSR count). The first-order valence-corrected chi connectivity index (χ1v) is 9.95. The van der Waals surface area contributed by atoms with Gasteiger partial charge in [-0.2, -0.15) is 0 Å². The van der Waals surface area contributed by atoms with Crippen molar-refractivity contribution in [3.05, 3.63) is 86.6 Å². The number of hydrogen-bond donors (Lipinski definition) is 0. The van der Waals surface area contributed by atoms with Gasteiger partial charge < -0.3 is 0 Å². The Kier molecular flexibility index (Phi) is 4.62. The van der Waals surface area contributed by atoms with Crippen LogP contribution in [0.2, 0.25) is 0 Å². The standard InChI is InChI=1S/C22H20N2O2S/c1-3-9-18-23-21-19(20(25)16-12-7-8-13-17(16)27-21)22(26)24(18)14(2)15-10-5-4-6-11-15/h4-8,10-14H,3,9H2,1-2H3/t14-/m0/s1. The molecule has 0 bridgehead atoms. The highest BCUT2D eigenvalue weighted by Crippen LogP contribution is 2.24. The quantitative estimate of drug-likeness (QED) is 0.492.